The maximum Gasteiger partial charge on any atom is 0.303 e. The number of carboxylic acids is 1. The SMILES string of the molecule is CC(CCC(=O)O)NCc1ccncc1. The zero-order chi connectivity index (χ0) is 11.1. The highest BCUT2D eigenvalue weighted by Gasteiger charge is 2.04. The van der Waals surface area contributed by atoms with Crippen molar-refractivity contribution in [1.82, 2.24) is 10.3 Å². The maximum absolute atomic E-state index is 10.3. The summed E-state index contributed by atoms with van der Waals surface area (Å²) < 4.78 is 0. The van der Waals surface area contributed by atoms with E-state index >= 15 is 0 Å². The number of carboxylic acid groups (broad SMARTS) is 1. The second-order valence-corrected chi connectivity index (χ2v) is 3.57. The van der Waals surface area contributed by atoms with Crippen molar-refractivity contribution < 1.29 is 9.90 Å². The summed E-state index contributed by atoms with van der Waals surface area (Å²) in [7, 11) is 0. The fourth-order valence-electron chi connectivity index (χ4n) is 1.23. The average Bonchev–Trinajstić information content (AvgIpc) is 2.25. The highest BCUT2D eigenvalue weighted by atomic mass is 16.4. The van der Waals surface area contributed by atoms with Crippen molar-refractivity contribution in [3.8, 4) is 0 Å². The minimum atomic E-state index is -0.743. The molecule has 1 aromatic rings. The van der Waals surface area contributed by atoms with Crippen LogP contribution in [0.2, 0.25) is 0 Å². The van der Waals surface area contributed by atoms with Gasteiger partial charge >= 0.3 is 5.97 Å². The summed E-state index contributed by atoms with van der Waals surface area (Å²) in [5.41, 5.74) is 1.16. The molecule has 0 bridgehead atoms. The number of aliphatic carboxylic acids is 1. The summed E-state index contributed by atoms with van der Waals surface area (Å²) in [5.74, 6) is -0.743. The number of carbonyl (C=O) groups is 1. The Morgan fingerprint density at radius 1 is 1.53 bits per heavy atom. The summed E-state index contributed by atoms with van der Waals surface area (Å²) in [6.07, 6.45) is 4.36. The van der Waals surface area contributed by atoms with Crippen molar-refractivity contribution in [3.63, 3.8) is 0 Å². The number of rotatable bonds is 6. The van der Waals surface area contributed by atoms with E-state index in [1.807, 2.05) is 19.1 Å². The third kappa shape index (κ3) is 5.12. The van der Waals surface area contributed by atoms with Gasteiger partial charge in [0, 0.05) is 31.4 Å². The molecule has 0 amide bonds. The van der Waals surface area contributed by atoms with Crippen LogP contribution in [0.3, 0.4) is 0 Å². The Kier molecular flexibility index (Phi) is 4.77. The highest BCUT2D eigenvalue weighted by molar-refractivity contribution is 5.66. The fourth-order valence-corrected chi connectivity index (χ4v) is 1.23. The summed E-state index contributed by atoms with van der Waals surface area (Å²) >= 11 is 0. The maximum atomic E-state index is 10.3. The van der Waals surface area contributed by atoms with Crippen LogP contribution in [0.25, 0.3) is 0 Å². The molecule has 0 aliphatic carbocycles. The molecule has 0 aliphatic heterocycles. The normalized spacial score (nSPS) is 12.3. The van der Waals surface area contributed by atoms with Crippen LogP contribution in [0.4, 0.5) is 0 Å². The molecule has 1 atom stereocenters. The molecular weight excluding hydrogens is 192 g/mol. The van der Waals surface area contributed by atoms with E-state index in [-0.39, 0.29) is 12.5 Å². The monoisotopic (exact) mass is 208 g/mol. The standard InChI is InChI=1S/C11H16N2O2/c1-9(2-3-11(14)15)13-8-10-4-6-12-7-5-10/h4-7,9,13H,2-3,8H2,1H3,(H,14,15). The molecule has 0 aromatic carbocycles. The van der Waals surface area contributed by atoms with Crippen LogP contribution in [0.5, 0.6) is 0 Å². The van der Waals surface area contributed by atoms with E-state index in [2.05, 4.69) is 10.3 Å². The third-order valence-electron chi connectivity index (χ3n) is 2.20. The summed E-state index contributed by atoms with van der Waals surface area (Å²) in [6, 6.07) is 4.10. The second kappa shape index (κ2) is 6.14. The fraction of sp³-hybridized carbons (Fsp3) is 0.455. The molecule has 0 saturated carbocycles. The van der Waals surface area contributed by atoms with Gasteiger partial charge in [-0.05, 0) is 31.0 Å². The van der Waals surface area contributed by atoms with Gasteiger partial charge in [0.2, 0.25) is 0 Å². The third-order valence-corrected chi connectivity index (χ3v) is 2.20. The van der Waals surface area contributed by atoms with Gasteiger partial charge in [0.25, 0.3) is 0 Å². The van der Waals surface area contributed by atoms with Crippen molar-refractivity contribution in [2.75, 3.05) is 0 Å². The van der Waals surface area contributed by atoms with Gasteiger partial charge in [-0.25, -0.2) is 0 Å². The van der Waals surface area contributed by atoms with Crippen LogP contribution in [0.15, 0.2) is 24.5 Å². The van der Waals surface area contributed by atoms with Gasteiger partial charge in [-0.15, -0.1) is 0 Å². The van der Waals surface area contributed by atoms with Crippen LogP contribution < -0.4 is 5.32 Å². The Hall–Kier alpha value is -1.42. The minimum Gasteiger partial charge on any atom is -0.481 e. The quantitative estimate of drug-likeness (QED) is 0.742. The molecule has 0 radical (unpaired) electrons. The number of hydrogen-bond donors (Lipinski definition) is 2. The summed E-state index contributed by atoms with van der Waals surface area (Å²) in [5, 5.41) is 11.8. The van der Waals surface area contributed by atoms with Crippen LogP contribution in [-0.4, -0.2) is 22.1 Å². The first-order valence-corrected chi connectivity index (χ1v) is 5.02. The molecule has 1 unspecified atom stereocenters. The molecule has 2 N–H and O–H groups in total. The van der Waals surface area contributed by atoms with E-state index in [1.165, 1.54) is 0 Å². The largest absolute Gasteiger partial charge is 0.481 e. The lowest BCUT2D eigenvalue weighted by Gasteiger charge is -2.12. The molecule has 1 aromatic heterocycles. The molecule has 1 rings (SSSR count). The van der Waals surface area contributed by atoms with Crippen molar-refractivity contribution in [1.29, 1.82) is 0 Å². The first kappa shape index (κ1) is 11.7. The molecule has 4 heteroatoms. The van der Waals surface area contributed by atoms with E-state index < -0.39 is 5.97 Å². The molecule has 15 heavy (non-hydrogen) atoms. The average molecular weight is 208 g/mol. The first-order valence-electron chi connectivity index (χ1n) is 5.02. The topological polar surface area (TPSA) is 62.2 Å². The van der Waals surface area contributed by atoms with Gasteiger partial charge in [-0.2, -0.15) is 0 Å². The first-order chi connectivity index (χ1) is 7.18. The van der Waals surface area contributed by atoms with Gasteiger partial charge in [-0.1, -0.05) is 0 Å². The van der Waals surface area contributed by atoms with Gasteiger partial charge in [-0.3, -0.25) is 9.78 Å². The highest BCUT2D eigenvalue weighted by Crippen LogP contribution is 2.00. The van der Waals surface area contributed by atoms with Crippen molar-refractivity contribution in [2.24, 2.45) is 0 Å². The van der Waals surface area contributed by atoms with Crippen LogP contribution in [0.1, 0.15) is 25.3 Å². The molecule has 4 nitrogen and oxygen atoms in total. The van der Waals surface area contributed by atoms with E-state index in [9.17, 15) is 4.79 Å². The Bertz CT molecular complexity index is 301. The number of nitrogens with zero attached hydrogens (tertiary/aromatic N) is 1. The molecule has 0 spiro atoms. The Morgan fingerprint density at radius 3 is 2.80 bits per heavy atom. The van der Waals surface area contributed by atoms with Crippen molar-refractivity contribution in [2.45, 2.75) is 32.4 Å². The van der Waals surface area contributed by atoms with E-state index in [0.717, 1.165) is 12.1 Å². The van der Waals surface area contributed by atoms with Crippen molar-refractivity contribution >= 4 is 5.97 Å². The zero-order valence-electron chi connectivity index (χ0n) is 8.81. The Balaban J connectivity index is 2.22. The summed E-state index contributed by atoms with van der Waals surface area (Å²) in [4.78, 5) is 14.3. The zero-order valence-corrected chi connectivity index (χ0v) is 8.81. The predicted molar refractivity (Wildman–Crippen MR) is 57.4 cm³/mol. The molecule has 82 valence electrons. The number of pyridine rings is 1. The molecule has 0 fully saturated rings. The molecule has 0 aliphatic rings. The summed E-state index contributed by atoms with van der Waals surface area (Å²) in [6.45, 7) is 2.74. The lowest BCUT2D eigenvalue weighted by Crippen LogP contribution is -2.26. The van der Waals surface area contributed by atoms with E-state index in [1.54, 1.807) is 12.4 Å². The lowest BCUT2D eigenvalue weighted by molar-refractivity contribution is -0.137. The van der Waals surface area contributed by atoms with Gasteiger partial charge in [0.1, 0.15) is 0 Å². The Morgan fingerprint density at radius 2 is 2.20 bits per heavy atom. The van der Waals surface area contributed by atoms with E-state index in [0.29, 0.717) is 6.42 Å². The predicted octanol–water partition coefficient (Wildman–Crippen LogP) is 1.42. The van der Waals surface area contributed by atoms with Crippen LogP contribution in [0, 0.1) is 0 Å². The smallest absolute Gasteiger partial charge is 0.303 e. The second-order valence-electron chi connectivity index (χ2n) is 3.57. The van der Waals surface area contributed by atoms with Crippen LogP contribution in [-0.2, 0) is 11.3 Å². The van der Waals surface area contributed by atoms with E-state index in [4.69, 9.17) is 5.11 Å². The minimum absolute atomic E-state index is 0.213. The molecular formula is C11H16N2O2. The Labute approximate surface area is 89.3 Å². The van der Waals surface area contributed by atoms with Crippen molar-refractivity contribution in [3.05, 3.63) is 30.1 Å². The van der Waals surface area contributed by atoms with Crippen LogP contribution >= 0.6 is 0 Å². The number of hydrogen-bond acceptors (Lipinski definition) is 3. The van der Waals surface area contributed by atoms with Gasteiger partial charge in [0.05, 0.1) is 0 Å². The van der Waals surface area contributed by atoms with Gasteiger partial charge in [0.15, 0.2) is 0 Å². The number of aromatic nitrogens is 1. The van der Waals surface area contributed by atoms with Gasteiger partial charge < -0.3 is 10.4 Å². The number of nitrogens with one attached hydrogen (secondary N) is 1. The lowest BCUT2D eigenvalue weighted by atomic mass is 10.1. The molecule has 0 saturated heterocycles. The molecule has 1 heterocycles.